The highest BCUT2D eigenvalue weighted by Gasteiger charge is 2.34. The summed E-state index contributed by atoms with van der Waals surface area (Å²) in [4.78, 5) is 24.0. The first-order chi connectivity index (χ1) is 9.08. The minimum absolute atomic E-state index is 0.0957. The summed E-state index contributed by atoms with van der Waals surface area (Å²) < 4.78 is 0. The molecule has 1 aliphatic carbocycles. The average Bonchev–Trinajstić information content (AvgIpc) is 3.16. The van der Waals surface area contributed by atoms with Crippen LogP contribution in [0.1, 0.15) is 45.4 Å². The molecule has 2 aliphatic rings. The second-order valence-corrected chi connectivity index (χ2v) is 5.87. The third-order valence-corrected chi connectivity index (χ3v) is 4.06. The zero-order valence-electron chi connectivity index (χ0n) is 11.5. The lowest BCUT2D eigenvalue weighted by Gasteiger charge is -2.22. The van der Waals surface area contributed by atoms with E-state index >= 15 is 0 Å². The van der Waals surface area contributed by atoms with Crippen molar-refractivity contribution in [3.05, 3.63) is 0 Å². The van der Waals surface area contributed by atoms with Crippen molar-refractivity contribution in [3.8, 4) is 0 Å². The summed E-state index contributed by atoms with van der Waals surface area (Å²) in [5.74, 6) is -0.0811. The van der Waals surface area contributed by atoms with Crippen molar-refractivity contribution >= 4 is 11.8 Å². The molecule has 1 saturated heterocycles. The smallest absolute Gasteiger partial charge is 0.242 e. The van der Waals surface area contributed by atoms with Crippen LogP contribution in [0.4, 0.5) is 0 Å². The van der Waals surface area contributed by atoms with Gasteiger partial charge in [-0.15, -0.1) is 0 Å². The monoisotopic (exact) mass is 268 g/mol. The fourth-order valence-electron chi connectivity index (χ4n) is 2.59. The third kappa shape index (κ3) is 4.20. The fourth-order valence-corrected chi connectivity index (χ4v) is 2.59. The maximum Gasteiger partial charge on any atom is 0.242 e. The molecular weight excluding hydrogens is 244 g/mol. The summed E-state index contributed by atoms with van der Waals surface area (Å²) >= 11 is 0. The third-order valence-electron chi connectivity index (χ3n) is 4.06. The molecule has 0 aromatic rings. The van der Waals surface area contributed by atoms with Gasteiger partial charge in [-0.05, 0) is 38.5 Å². The average molecular weight is 268 g/mol. The van der Waals surface area contributed by atoms with Crippen LogP contribution in [-0.2, 0) is 9.59 Å². The second kappa shape index (κ2) is 6.37. The Hall–Kier alpha value is -1.10. The van der Waals surface area contributed by atoms with E-state index in [2.05, 4.69) is 10.6 Å². The number of hydrogen-bond acceptors (Lipinski definition) is 3. The molecule has 3 atom stereocenters. The maximum atomic E-state index is 12.2. The van der Waals surface area contributed by atoms with Gasteiger partial charge in [0, 0.05) is 6.54 Å². The van der Waals surface area contributed by atoms with E-state index in [0.717, 1.165) is 32.1 Å². The van der Waals surface area contributed by atoms with Crippen molar-refractivity contribution in [1.82, 2.24) is 10.6 Å². The number of rotatable bonds is 5. The predicted octanol–water partition coefficient (Wildman–Crippen LogP) is 0.568. The van der Waals surface area contributed by atoms with Gasteiger partial charge in [0.25, 0.3) is 0 Å². The number of carbonyl (C=O) groups is 2. The van der Waals surface area contributed by atoms with Crippen LogP contribution < -0.4 is 10.6 Å². The number of aliphatic hydroxyl groups is 1. The van der Waals surface area contributed by atoms with Crippen LogP contribution in [0.25, 0.3) is 0 Å². The molecule has 1 aliphatic heterocycles. The fraction of sp³-hybridized carbons (Fsp3) is 0.857. The Bertz CT molecular complexity index is 340. The van der Waals surface area contributed by atoms with E-state index in [1.165, 1.54) is 0 Å². The zero-order valence-corrected chi connectivity index (χ0v) is 11.5. The van der Waals surface area contributed by atoms with E-state index in [1.807, 2.05) is 0 Å². The lowest BCUT2D eigenvalue weighted by Crippen LogP contribution is -2.49. The molecule has 0 spiro atoms. The molecule has 1 saturated carbocycles. The summed E-state index contributed by atoms with van der Waals surface area (Å²) in [7, 11) is 0. The molecule has 0 aromatic heterocycles. The van der Waals surface area contributed by atoms with Crippen LogP contribution in [-0.4, -0.2) is 35.6 Å². The highest BCUT2D eigenvalue weighted by atomic mass is 16.3. The minimum Gasteiger partial charge on any atom is -0.393 e. The quantitative estimate of drug-likeness (QED) is 0.682. The molecule has 5 nitrogen and oxygen atoms in total. The Labute approximate surface area is 114 Å². The van der Waals surface area contributed by atoms with Gasteiger partial charge in [0.05, 0.1) is 12.0 Å². The molecule has 3 N–H and O–H groups in total. The van der Waals surface area contributed by atoms with Gasteiger partial charge < -0.3 is 15.7 Å². The number of hydrogen-bond donors (Lipinski definition) is 3. The molecule has 0 radical (unpaired) electrons. The highest BCUT2D eigenvalue weighted by Crippen LogP contribution is 2.36. The van der Waals surface area contributed by atoms with E-state index in [9.17, 15) is 14.7 Å². The van der Waals surface area contributed by atoms with Crippen LogP contribution in [0.3, 0.4) is 0 Å². The molecule has 1 heterocycles. The van der Waals surface area contributed by atoms with Gasteiger partial charge >= 0.3 is 0 Å². The molecule has 108 valence electrons. The van der Waals surface area contributed by atoms with Crippen LogP contribution in [0.15, 0.2) is 0 Å². The molecular formula is C14H24N2O3. The first kappa shape index (κ1) is 14.3. The summed E-state index contributed by atoms with van der Waals surface area (Å²) in [6.07, 6.45) is 4.96. The van der Waals surface area contributed by atoms with Gasteiger partial charge in [0.1, 0.15) is 6.04 Å². The van der Waals surface area contributed by atoms with E-state index in [0.29, 0.717) is 18.9 Å². The van der Waals surface area contributed by atoms with Crippen LogP contribution in [0.5, 0.6) is 0 Å². The number of amides is 2. The molecule has 0 bridgehead atoms. The van der Waals surface area contributed by atoms with Crippen molar-refractivity contribution in [3.63, 3.8) is 0 Å². The number of nitrogens with one attached hydrogen (secondary N) is 2. The van der Waals surface area contributed by atoms with Crippen molar-refractivity contribution in [1.29, 1.82) is 0 Å². The number of carbonyl (C=O) groups excluding carboxylic acids is 2. The van der Waals surface area contributed by atoms with Crippen molar-refractivity contribution in [2.24, 2.45) is 11.8 Å². The summed E-state index contributed by atoms with van der Waals surface area (Å²) in [6.45, 7) is 2.34. The van der Waals surface area contributed by atoms with Gasteiger partial charge in [-0.2, -0.15) is 0 Å². The Balaban J connectivity index is 1.90. The molecule has 5 heteroatoms. The lowest BCUT2D eigenvalue weighted by atomic mass is 9.95. The summed E-state index contributed by atoms with van der Waals surface area (Å²) in [6, 6.07) is -0.435. The molecule has 2 rings (SSSR count). The predicted molar refractivity (Wildman–Crippen MR) is 71.3 cm³/mol. The summed E-state index contributed by atoms with van der Waals surface area (Å²) in [5, 5.41) is 15.4. The van der Waals surface area contributed by atoms with E-state index in [1.54, 1.807) is 6.92 Å². The first-order valence-corrected chi connectivity index (χ1v) is 7.34. The Morgan fingerprint density at radius 3 is 2.79 bits per heavy atom. The van der Waals surface area contributed by atoms with Gasteiger partial charge in [0.15, 0.2) is 0 Å². The highest BCUT2D eigenvalue weighted by molar-refractivity contribution is 5.88. The van der Waals surface area contributed by atoms with Gasteiger partial charge in [0.2, 0.25) is 11.8 Å². The summed E-state index contributed by atoms with van der Waals surface area (Å²) in [5.41, 5.74) is 0. The van der Waals surface area contributed by atoms with Gasteiger partial charge in [-0.25, -0.2) is 0 Å². The molecule has 0 unspecified atom stereocenters. The standard InChI is InChI=1S/C14H24N2O3/c1-9(17)11(8-10-5-6-10)13(18)16-12-4-2-3-7-15-14(12)19/h9-12,17H,2-8H2,1H3,(H,15,19)(H,16,18)/t9-,11+,12-/m0/s1. The Kier molecular flexibility index (Phi) is 4.80. The number of aliphatic hydroxyl groups excluding tert-OH is 1. The van der Waals surface area contributed by atoms with Crippen molar-refractivity contribution in [2.75, 3.05) is 6.54 Å². The lowest BCUT2D eigenvalue weighted by molar-refractivity contribution is -0.133. The minimum atomic E-state index is -0.658. The van der Waals surface area contributed by atoms with Crippen LogP contribution in [0, 0.1) is 11.8 Å². The Morgan fingerprint density at radius 1 is 1.42 bits per heavy atom. The topological polar surface area (TPSA) is 78.4 Å². The zero-order chi connectivity index (χ0) is 13.8. The second-order valence-electron chi connectivity index (χ2n) is 5.87. The van der Waals surface area contributed by atoms with Crippen molar-refractivity contribution < 1.29 is 14.7 Å². The van der Waals surface area contributed by atoms with Gasteiger partial charge in [-0.3, -0.25) is 9.59 Å². The van der Waals surface area contributed by atoms with Gasteiger partial charge in [-0.1, -0.05) is 12.8 Å². The van der Waals surface area contributed by atoms with Crippen LogP contribution in [0.2, 0.25) is 0 Å². The van der Waals surface area contributed by atoms with Crippen LogP contribution >= 0.6 is 0 Å². The van der Waals surface area contributed by atoms with E-state index in [-0.39, 0.29) is 17.7 Å². The SMILES string of the molecule is C[C@H](O)[C@@H](CC1CC1)C(=O)N[C@H]1CCCCNC1=O. The molecule has 0 aromatic carbocycles. The molecule has 19 heavy (non-hydrogen) atoms. The normalized spacial score (nSPS) is 27.1. The van der Waals surface area contributed by atoms with E-state index < -0.39 is 12.1 Å². The first-order valence-electron chi connectivity index (χ1n) is 7.34. The van der Waals surface area contributed by atoms with Crippen molar-refractivity contribution in [2.45, 2.75) is 57.6 Å². The maximum absolute atomic E-state index is 12.2. The molecule has 2 amide bonds. The van der Waals surface area contributed by atoms with E-state index in [4.69, 9.17) is 0 Å². The Morgan fingerprint density at radius 2 is 2.16 bits per heavy atom. The largest absolute Gasteiger partial charge is 0.393 e. The molecule has 2 fully saturated rings.